The van der Waals surface area contributed by atoms with E-state index in [1.807, 2.05) is 60.4 Å². The quantitative estimate of drug-likeness (QED) is 0.705. The Bertz CT molecular complexity index is 1180. The van der Waals surface area contributed by atoms with Crippen LogP contribution in [0.3, 0.4) is 0 Å². The van der Waals surface area contributed by atoms with E-state index in [4.69, 9.17) is 4.74 Å². The molecule has 4 heterocycles. The van der Waals surface area contributed by atoms with E-state index in [0.717, 1.165) is 29.7 Å². The maximum Gasteiger partial charge on any atom is 0.246 e. The second kappa shape index (κ2) is 7.58. The van der Waals surface area contributed by atoms with Gasteiger partial charge in [0.2, 0.25) is 17.7 Å². The number of methoxy groups -OCH3 is 1. The molecule has 3 saturated heterocycles. The molecular weight excluding hydrogens is 430 g/mol. The Labute approximate surface area is 199 Å². The third-order valence-electron chi connectivity index (χ3n) is 8.12. The number of hydrogen-bond donors (Lipinski definition) is 0. The molecule has 0 aromatic heterocycles. The average molecular weight is 460 g/mol. The second-order valence-corrected chi connectivity index (χ2v) is 9.78. The van der Waals surface area contributed by atoms with E-state index >= 15 is 0 Å². The zero-order valence-electron chi connectivity index (χ0n) is 19.6. The first-order valence-corrected chi connectivity index (χ1v) is 12.2. The van der Waals surface area contributed by atoms with Gasteiger partial charge in [-0.15, -0.1) is 0 Å². The minimum absolute atomic E-state index is 0.0169. The first-order valence-electron chi connectivity index (χ1n) is 12.2. The zero-order valence-corrected chi connectivity index (χ0v) is 19.6. The summed E-state index contributed by atoms with van der Waals surface area (Å²) in [5, 5.41) is 0. The highest BCUT2D eigenvalue weighted by Crippen LogP contribution is 2.60. The molecule has 2 aromatic rings. The molecule has 34 heavy (non-hydrogen) atoms. The number of hydrogen-bond acceptors (Lipinski definition) is 4. The van der Waals surface area contributed by atoms with Gasteiger partial charge in [-0.3, -0.25) is 14.4 Å². The molecule has 6 rings (SSSR count). The molecule has 7 nitrogen and oxygen atoms in total. The summed E-state index contributed by atoms with van der Waals surface area (Å²) in [6, 6.07) is 14.0. The molecule has 0 radical (unpaired) electrons. The van der Waals surface area contributed by atoms with Crippen molar-refractivity contribution in [2.24, 2.45) is 0 Å². The molecule has 0 saturated carbocycles. The van der Waals surface area contributed by atoms with Crippen molar-refractivity contribution in [2.75, 3.05) is 25.1 Å². The van der Waals surface area contributed by atoms with Crippen molar-refractivity contribution in [1.82, 2.24) is 9.80 Å². The summed E-state index contributed by atoms with van der Waals surface area (Å²) in [5.41, 5.74) is 1.60. The van der Waals surface area contributed by atoms with Crippen LogP contribution in [-0.2, 0) is 19.8 Å². The number of nitrogens with zero attached hydrogens (tertiary/aromatic N) is 3. The van der Waals surface area contributed by atoms with Gasteiger partial charge in [0, 0.05) is 19.2 Å². The third-order valence-corrected chi connectivity index (χ3v) is 8.12. The molecule has 0 aliphatic carbocycles. The summed E-state index contributed by atoms with van der Waals surface area (Å²) < 4.78 is 5.48. The molecule has 0 bridgehead atoms. The van der Waals surface area contributed by atoms with Crippen LogP contribution in [0.15, 0.2) is 48.5 Å². The van der Waals surface area contributed by atoms with Crippen molar-refractivity contribution in [3.63, 3.8) is 0 Å². The summed E-state index contributed by atoms with van der Waals surface area (Å²) in [6.45, 7) is 3.24. The molecule has 4 aliphatic rings. The number of benzene rings is 2. The summed E-state index contributed by atoms with van der Waals surface area (Å²) >= 11 is 0. The first-order chi connectivity index (χ1) is 16.5. The number of ether oxygens (including phenoxy) is 1. The van der Waals surface area contributed by atoms with Crippen LogP contribution in [0.1, 0.15) is 49.8 Å². The minimum Gasteiger partial charge on any atom is -0.497 e. The molecule has 2 aromatic carbocycles. The van der Waals surface area contributed by atoms with Crippen LogP contribution in [0.5, 0.6) is 5.75 Å². The van der Waals surface area contributed by atoms with Gasteiger partial charge in [-0.1, -0.05) is 43.3 Å². The molecular formula is C27H29N3O4. The Kier molecular flexibility index (Phi) is 4.73. The van der Waals surface area contributed by atoms with E-state index in [2.05, 4.69) is 0 Å². The number of piperazine rings is 1. The fourth-order valence-electron chi connectivity index (χ4n) is 6.76. The maximum absolute atomic E-state index is 14.4. The summed E-state index contributed by atoms with van der Waals surface area (Å²) in [4.78, 5) is 47.3. The molecule has 3 amide bonds. The summed E-state index contributed by atoms with van der Waals surface area (Å²) in [6.07, 6.45) is 2.63. The van der Waals surface area contributed by atoms with Crippen LogP contribution in [-0.4, -0.2) is 59.8 Å². The monoisotopic (exact) mass is 459 g/mol. The molecule has 0 unspecified atom stereocenters. The van der Waals surface area contributed by atoms with Crippen LogP contribution in [0.2, 0.25) is 0 Å². The lowest BCUT2D eigenvalue weighted by Crippen LogP contribution is -2.61. The van der Waals surface area contributed by atoms with Crippen LogP contribution >= 0.6 is 0 Å². The Morgan fingerprint density at radius 3 is 2.56 bits per heavy atom. The fraction of sp³-hybridized carbons (Fsp3) is 0.444. The van der Waals surface area contributed by atoms with Crippen LogP contribution < -0.4 is 9.64 Å². The SMILES string of the molecule is CCCN1C(=O)[C@]2(C[C@@H]3C(=O)N4CCC[C@H]4C(=O)N3[C@@H]2c2ccccc2)c2ccc(OC)cc21. The topological polar surface area (TPSA) is 70.2 Å². The normalized spacial score (nSPS) is 29.6. The Morgan fingerprint density at radius 1 is 1.03 bits per heavy atom. The van der Waals surface area contributed by atoms with Crippen LogP contribution in [0.4, 0.5) is 5.69 Å². The van der Waals surface area contributed by atoms with Crippen molar-refractivity contribution in [2.45, 2.75) is 56.1 Å². The van der Waals surface area contributed by atoms with Crippen LogP contribution in [0.25, 0.3) is 0 Å². The van der Waals surface area contributed by atoms with Crippen molar-refractivity contribution in [3.8, 4) is 5.75 Å². The van der Waals surface area contributed by atoms with E-state index in [9.17, 15) is 14.4 Å². The summed E-state index contributed by atoms with van der Waals surface area (Å²) in [5.74, 6) is 0.618. The Balaban J connectivity index is 1.59. The van der Waals surface area contributed by atoms with Crippen molar-refractivity contribution >= 4 is 23.4 Å². The van der Waals surface area contributed by atoms with E-state index < -0.39 is 23.5 Å². The largest absolute Gasteiger partial charge is 0.497 e. The van der Waals surface area contributed by atoms with Gasteiger partial charge in [-0.05, 0) is 42.9 Å². The van der Waals surface area contributed by atoms with Gasteiger partial charge >= 0.3 is 0 Å². The molecule has 0 N–H and O–H groups in total. The lowest BCUT2D eigenvalue weighted by Gasteiger charge is -2.42. The number of anilines is 1. The lowest BCUT2D eigenvalue weighted by atomic mass is 9.72. The molecule has 4 atom stereocenters. The van der Waals surface area contributed by atoms with Crippen LogP contribution in [0, 0.1) is 0 Å². The minimum atomic E-state index is -1.01. The molecule has 7 heteroatoms. The highest BCUT2D eigenvalue weighted by Gasteiger charge is 2.68. The maximum atomic E-state index is 14.4. The number of rotatable bonds is 4. The number of carbonyl (C=O) groups is 3. The third kappa shape index (κ3) is 2.61. The number of amides is 3. The highest BCUT2D eigenvalue weighted by molar-refractivity contribution is 6.11. The second-order valence-electron chi connectivity index (χ2n) is 9.78. The van der Waals surface area contributed by atoms with Gasteiger partial charge < -0.3 is 19.4 Å². The molecule has 176 valence electrons. The van der Waals surface area contributed by atoms with Gasteiger partial charge in [0.25, 0.3) is 0 Å². The van der Waals surface area contributed by atoms with E-state index in [0.29, 0.717) is 31.7 Å². The lowest BCUT2D eigenvalue weighted by molar-refractivity contribution is -0.159. The molecule has 4 aliphatic heterocycles. The van der Waals surface area contributed by atoms with Gasteiger partial charge in [-0.2, -0.15) is 0 Å². The van der Waals surface area contributed by atoms with E-state index in [1.54, 1.807) is 16.9 Å². The van der Waals surface area contributed by atoms with Gasteiger partial charge in [0.1, 0.15) is 23.2 Å². The Hall–Kier alpha value is -3.35. The van der Waals surface area contributed by atoms with Gasteiger partial charge in [0.05, 0.1) is 18.8 Å². The van der Waals surface area contributed by atoms with E-state index in [-0.39, 0.29) is 17.7 Å². The molecule has 3 fully saturated rings. The van der Waals surface area contributed by atoms with E-state index in [1.165, 1.54) is 0 Å². The first kappa shape index (κ1) is 21.2. The number of carbonyl (C=O) groups excluding carboxylic acids is 3. The number of fused-ring (bicyclic) bond motifs is 4. The standard InChI is InChI=1S/C27H29N3O4/c1-3-13-29-21-15-18(34-2)11-12-19(21)27(26(29)33)16-22-24(31)28-14-7-10-20(28)25(32)30(22)23(27)17-8-5-4-6-9-17/h4-6,8-9,11-12,15,20,22-23H,3,7,10,13-14,16H2,1-2H3/t20-,22+,23+,27+/m0/s1. The fourth-order valence-corrected chi connectivity index (χ4v) is 6.76. The smallest absolute Gasteiger partial charge is 0.246 e. The zero-order chi connectivity index (χ0) is 23.6. The summed E-state index contributed by atoms with van der Waals surface area (Å²) in [7, 11) is 1.62. The predicted octanol–water partition coefficient (Wildman–Crippen LogP) is 3.04. The van der Waals surface area contributed by atoms with Gasteiger partial charge in [-0.25, -0.2) is 0 Å². The predicted molar refractivity (Wildman–Crippen MR) is 126 cm³/mol. The van der Waals surface area contributed by atoms with Gasteiger partial charge in [0.15, 0.2) is 0 Å². The Morgan fingerprint density at radius 2 is 1.82 bits per heavy atom. The highest BCUT2D eigenvalue weighted by atomic mass is 16.5. The van der Waals surface area contributed by atoms with Crippen molar-refractivity contribution in [3.05, 3.63) is 59.7 Å². The average Bonchev–Trinajstić information content (AvgIpc) is 3.55. The molecule has 1 spiro atoms. The van der Waals surface area contributed by atoms with Crippen molar-refractivity contribution < 1.29 is 19.1 Å². The van der Waals surface area contributed by atoms with Crippen molar-refractivity contribution in [1.29, 1.82) is 0 Å².